The van der Waals surface area contributed by atoms with Gasteiger partial charge in [-0.05, 0) is 25.5 Å². The second-order valence-corrected chi connectivity index (χ2v) is 6.47. The van der Waals surface area contributed by atoms with Gasteiger partial charge in [0.15, 0.2) is 0 Å². The Hall–Kier alpha value is -1.69. The Bertz CT molecular complexity index is 521. The smallest absolute Gasteiger partial charge is 0.270 e. The van der Waals surface area contributed by atoms with Crippen LogP contribution in [0.1, 0.15) is 49.5 Å². The van der Waals surface area contributed by atoms with E-state index >= 15 is 0 Å². The Kier molecular flexibility index (Phi) is 5.43. The van der Waals surface area contributed by atoms with E-state index in [1.807, 2.05) is 0 Å². The van der Waals surface area contributed by atoms with Crippen molar-refractivity contribution in [1.29, 1.82) is 0 Å². The van der Waals surface area contributed by atoms with Crippen molar-refractivity contribution in [2.75, 3.05) is 37.6 Å². The van der Waals surface area contributed by atoms with Crippen LogP contribution in [0.25, 0.3) is 0 Å². The van der Waals surface area contributed by atoms with Gasteiger partial charge in [-0.1, -0.05) is 26.2 Å². The molecule has 1 aromatic rings. The molecule has 1 aromatic heterocycles. The Morgan fingerprint density at radius 1 is 1.22 bits per heavy atom. The largest absolute Gasteiger partial charge is 0.348 e. The molecule has 1 saturated carbocycles. The monoisotopic (exact) mass is 317 g/mol. The topological polar surface area (TPSA) is 61.4 Å². The molecule has 0 atom stereocenters. The van der Waals surface area contributed by atoms with Gasteiger partial charge in [0.05, 0.1) is 0 Å². The van der Waals surface area contributed by atoms with Crippen molar-refractivity contribution in [2.24, 2.45) is 0 Å². The highest BCUT2D eigenvalue weighted by Crippen LogP contribution is 2.18. The molecule has 0 unspecified atom stereocenters. The molecular weight excluding hydrogens is 290 g/mol. The minimum absolute atomic E-state index is 0.0623. The van der Waals surface area contributed by atoms with Gasteiger partial charge in [0.1, 0.15) is 5.69 Å². The summed E-state index contributed by atoms with van der Waals surface area (Å²) >= 11 is 0. The van der Waals surface area contributed by atoms with Crippen LogP contribution in [0.4, 0.5) is 5.95 Å². The molecule has 3 rings (SSSR count). The molecule has 2 heterocycles. The number of nitrogens with zero attached hydrogens (tertiary/aromatic N) is 4. The van der Waals surface area contributed by atoms with Crippen molar-refractivity contribution in [3.8, 4) is 0 Å². The lowest BCUT2D eigenvalue weighted by Crippen LogP contribution is -2.47. The van der Waals surface area contributed by atoms with Crippen LogP contribution in [-0.4, -0.2) is 59.5 Å². The second-order valence-electron chi connectivity index (χ2n) is 6.47. The zero-order chi connectivity index (χ0) is 16.1. The van der Waals surface area contributed by atoms with E-state index in [1.165, 1.54) is 19.3 Å². The lowest BCUT2D eigenvalue weighted by molar-refractivity contribution is 0.0922. The molecule has 6 heteroatoms. The highest BCUT2D eigenvalue weighted by Gasteiger charge is 2.21. The summed E-state index contributed by atoms with van der Waals surface area (Å²) in [7, 11) is 0. The first-order valence-electron chi connectivity index (χ1n) is 8.87. The van der Waals surface area contributed by atoms with Crippen molar-refractivity contribution in [2.45, 2.75) is 45.1 Å². The number of likely N-dealkylation sites (N-methyl/N-ethyl adjacent to an activating group) is 1. The molecule has 1 aliphatic heterocycles. The van der Waals surface area contributed by atoms with Crippen LogP contribution >= 0.6 is 0 Å². The number of nitrogens with one attached hydrogen (secondary N) is 1. The normalized spacial score (nSPS) is 20.5. The van der Waals surface area contributed by atoms with Crippen LogP contribution in [0.15, 0.2) is 12.3 Å². The summed E-state index contributed by atoms with van der Waals surface area (Å²) in [5, 5.41) is 3.13. The average molecular weight is 317 g/mol. The molecule has 2 aliphatic rings. The van der Waals surface area contributed by atoms with Gasteiger partial charge in [-0.2, -0.15) is 0 Å². The molecule has 0 radical (unpaired) electrons. The van der Waals surface area contributed by atoms with E-state index < -0.39 is 0 Å². The third-order valence-corrected chi connectivity index (χ3v) is 4.92. The van der Waals surface area contributed by atoms with Crippen molar-refractivity contribution in [3.63, 3.8) is 0 Å². The van der Waals surface area contributed by atoms with E-state index in [1.54, 1.807) is 12.3 Å². The molecule has 1 amide bonds. The van der Waals surface area contributed by atoms with Gasteiger partial charge in [0.25, 0.3) is 5.91 Å². The molecule has 1 saturated heterocycles. The van der Waals surface area contributed by atoms with Crippen molar-refractivity contribution in [1.82, 2.24) is 20.2 Å². The summed E-state index contributed by atoms with van der Waals surface area (Å²) in [6.07, 6.45) is 7.58. The summed E-state index contributed by atoms with van der Waals surface area (Å²) in [6, 6.07) is 2.02. The van der Waals surface area contributed by atoms with Gasteiger partial charge in [-0.25, -0.2) is 9.97 Å². The van der Waals surface area contributed by atoms with Crippen molar-refractivity contribution < 1.29 is 4.79 Å². The highest BCUT2D eigenvalue weighted by atomic mass is 16.1. The molecule has 1 N–H and O–H groups in total. The minimum atomic E-state index is -0.0623. The van der Waals surface area contributed by atoms with Crippen LogP contribution in [0.5, 0.6) is 0 Å². The van der Waals surface area contributed by atoms with E-state index in [2.05, 4.69) is 32.0 Å². The Balaban J connectivity index is 1.61. The summed E-state index contributed by atoms with van der Waals surface area (Å²) < 4.78 is 0. The van der Waals surface area contributed by atoms with Crippen molar-refractivity contribution in [3.05, 3.63) is 18.0 Å². The number of carbonyl (C=O) groups is 1. The summed E-state index contributed by atoms with van der Waals surface area (Å²) in [5.74, 6) is 0.616. The Labute approximate surface area is 138 Å². The maximum absolute atomic E-state index is 12.4. The molecule has 23 heavy (non-hydrogen) atoms. The number of hydrogen-bond donors (Lipinski definition) is 1. The van der Waals surface area contributed by atoms with Gasteiger partial charge >= 0.3 is 0 Å². The first kappa shape index (κ1) is 16.2. The summed E-state index contributed by atoms with van der Waals surface area (Å²) in [6.45, 7) is 7.15. The zero-order valence-corrected chi connectivity index (χ0v) is 14.0. The molecule has 1 aliphatic carbocycles. The molecule has 2 fully saturated rings. The molecule has 0 aromatic carbocycles. The fraction of sp³-hybridized carbons (Fsp3) is 0.706. The molecular formula is C17H27N5O. The third kappa shape index (κ3) is 4.19. The van der Waals surface area contributed by atoms with E-state index in [0.717, 1.165) is 45.6 Å². The van der Waals surface area contributed by atoms with Gasteiger partial charge in [0, 0.05) is 38.4 Å². The third-order valence-electron chi connectivity index (χ3n) is 4.92. The van der Waals surface area contributed by atoms with Crippen LogP contribution in [0, 0.1) is 0 Å². The highest BCUT2D eigenvalue weighted by molar-refractivity contribution is 5.92. The molecule has 6 nitrogen and oxygen atoms in total. The van der Waals surface area contributed by atoms with Crippen LogP contribution in [0.3, 0.4) is 0 Å². The first-order chi connectivity index (χ1) is 11.3. The lowest BCUT2D eigenvalue weighted by atomic mass is 9.95. The van der Waals surface area contributed by atoms with E-state index in [-0.39, 0.29) is 5.91 Å². The maximum atomic E-state index is 12.4. The Morgan fingerprint density at radius 2 is 1.96 bits per heavy atom. The first-order valence-corrected chi connectivity index (χ1v) is 8.87. The van der Waals surface area contributed by atoms with Gasteiger partial charge < -0.3 is 15.1 Å². The SMILES string of the molecule is CCN1CCN(c2nccc(C(=O)NC3CCCCC3)n2)CC1. The number of amides is 1. The number of carbonyl (C=O) groups excluding carboxylic acids is 1. The second kappa shape index (κ2) is 7.73. The van der Waals surface area contributed by atoms with E-state index in [0.29, 0.717) is 17.7 Å². The number of aromatic nitrogens is 2. The fourth-order valence-electron chi connectivity index (χ4n) is 3.40. The lowest BCUT2D eigenvalue weighted by Gasteiger charge is -2.34. The zero-order valence-electron chi connectivity index (χ0n) is 14.0. The predicted molar refractivity (Wildman–Crippen MR) is 90.7 cm³/mol. The van der Waals surface area contributed by atoms with Gasteiger partial charge in [0.2, 0.25) is 5.95 Å². The molecule has 0 spiro atoms. The van der Waals surface area contributed by atoms with Crippen molar-refractivity contribution >= 4 is 11.9 Å². The summed E-state index contributed by atoms with van der Waals surface area (Å²) in [5.41, 5.74) is 0.485. The standard InChI is InChI=1S/C17H27N5O/c1-2-21-10-12-22(13-11-21)17-18-9-8-15(20-17)16(23)19-14-6-4-3-5-7-14/h8-9,14H,2-7,10-13H2,1H3,(H,19,23). The summed E-state index contributed by atoms with van der Waals surface area (Å²) in [4.78, 5) is 25.9. The van der Waals surface area contributed by atoms with E-state index in [9.17, 15) is 4.79 Å². The van der Waals surface area contributed by atoms with Crippen LogP contribution in [-0.2, 0) is 0 Å². The number of piperazine rings is 1. The van der Waals surface area contributed by atoms with Gasteiger partial charge in [-0.15, -0.1) is 0 Å². The number of anilines is 1. The molecule has 126 valence electrons. The average Bonchev–Trinajstić information content (AvgIpc) is 2.63. The van der Waals surface area contributed by atoms with Gasteiger partial charge in [-0.3, -0.25) is 4.79 Å². The maximum Gasteiger partial charge on any atom is 0.270 e. The number of rotatable bonds is 4. The predicted octanol–water partition coefficient (Wildman–Crippen LogP) is 1.68. The molecule has 0 bridgehead atoms. The number of hydrogen-bond acceptors (Lipinski definition) is 5. The quantitative estimate of drug-likeness (QED) is 0.915. The Morgan fingerprint density at radius 3 is 2.65 bits per heavy atom. The fourth-order valence-corrected chi connectivity index (χ4v) is 3.40. The van der Waals surface area contributed by atoms with Crippen LogP contribution in [0.2, 0.25) is 0 Å². The van der Waals surface area contributed by atoms with Crippen LogP contribution < -0.4 is 10.2 Å². The minimum Gasteiger partial charge on any atom is -0.348 e. The van der Waals surface area contributed by atoms with E-state index in [4.69, 9.17) is 0 Å².